The average molecular weight is 445 g/mol. The second-order valence-electron chi connectivity index (χ2n) is 8.30. The number of aliphatic hydroxyl groups is 1. The van der Waals surface area contributed by atoms with Crippen LogP contribution in [0.15, 0.2) is 54.6 Å². The van der Waals surface area contributed by atoms with Crippen LogP contribution in [0.4, 0.5) is 18.0 Å². The van der Waals surface area contributed by atoms with E-state index in [-0.39, 0.29) is 18.7 Å². The summed E-state index contributed by atoms with van der Waals surface area (Å²) in [6.07, 6.45) is 0.836. The zero-order valence-electron chi connectivity index (χ0n) is 17.8. The molecule has 0 radical (unpaired) electrons. The summed E-state index contributed by atoms with van der Waals surface area (Å²) in [5, 5.41) is 13.5. The van der Waals surface area contributed by atoms with E-state index in [1.54, 1.807) is 43.5 Å². The molecular weight excluding hydrogens is 419 g/mol. The monoisotopic (exact) mass is 445 g/mol. The minimum Gasteiger partial charge on any atom is -0.393 e. The number of carbonyl (C=O) groups excluding carboxylic acids is 1. The van der Waals surface area contributed by atoms with E-state index in [9.17, 15) is 23.1 Å². The number of hydrogen-bond acceptors (Lipinski definition) is 3. The van der Waals surface area contributed by atoms with Gasteiger partial charge in [0, 0.05) is 25.7 Å². The zero-order valence-corrected chi connectivity index (χ0v) is 17.8. The Morgan fingerprint density at radius 2 is 2.00 bits per heavy atom. The Morgan fingerprint density at radius 1 is 1.25 bits per heavy atom. The van der Waals surface area contributed by atoms with Crippen molar-refractivity contribution in [2.45, 2.75) is 24.2 Å². The minimum atomic E-state index is -1.29. The third-order valence-corrected chi connectivity index (χ3v) is 6.42. The van der Waals surface area contributed by atoms with E-state index in [1.165, 1.54) is 9.80 Å². The van der Waals surface area contributed by atoms with Crippen molar-refractivity contribution in [1.29, 1.82) is 0 Å². The molecule has 32 heavy (non-hydrogen) atoms. The molecular formula is C24H26F3N3O2. The lowest BCUT2D eigenvalue weighted by Gasteiger charge is -2.42. The zero-order chi connectivity index (χ0) is 22.9. The van der Waals surface area contributed by atoms with E-state index in [4.69, 9.17) is 0 Å². The number of rotatable bonds is 4. The maximum atomic E-state index is 14.6. The largest absolute Gasteiger partial charge is 0.393 e. The van der Waals surface area contributed by atoms with Gasteiger partial charge in [0.25, 0.3) is 0 Å². The smallest absolute Gasteiger partial charge is 0.321 e. The first-order valence-corrected chi connectivity index (χ1v) is 10.6. The van der Waals surface area contributed by atoms with Crippen molar-refractivity contribution in [2.75, 3.05) is 33.3 Å². The van der Waals surface area contributed by atoms with Crippen LogP contribution < -0.4 is 5.32 Å². The van der Waals surface area contributed by atoms with Crippen molar-refractivity contribution >= 4 is 11.6 Å². The van der Waals surface area contributed by atoms with E-state index >= 15 is 0 Å². The SMILES string of the molecule is CN(C(=O)N1CC(c2cc(F)ccc2F)=C[C@@]1(CO)c1ccccc1)[C@@H]1CCNC[C@H]1F. The molecule has 2 aromatic rings. The Kier molecular flexibility index (Phi) is 6.26. The number of alkyl halides is 1. The van der Waals surface area contributed by atoms with Gasteiger partial charge in [-0.2, -0.15) is 0 Å². The molecule has 1 saturated heterocycles. The van der Waals surface area contributed by atoms with Gasteiger partial charge in [-0.05, 0) is 48.4 Å². The molecule has 2 aromatic carbocycles. The predicted molar refractivity (Wildman–Crippen MR) is 116 cm³/mol. The lowest BCUT2D eigenvalue weighted by Crippen LogP contribution is -2.58. The van der Waals surface area contributed by atoms with Crippen molar-refractivity contribution < 1.29 is 23.1 Å². The molecule has 2 aliphatic heterocycles. The lowest BCUT2D eigenvalue weighted by atomic mass is 9.89. The first-order valence-electron chi connectivity index (χ1n) is 10.6. The molecule has 2 heterocycles. The van der Waals surface area contributed by atoms with E-state index in [2.05, 4.69) is 5.32 Å². The second-order valence-corrected chi connectivity index (χ2v) is 8.30. The summed E-state index contributed by atoms with van der Waals surface area (Å²) in [6.45, 7) is 0.220. The summed E-state index contributed by atoms with van der Waals surface area (Å²) in [5.74, 6) is -1.23. The van der Waals surface area contributed by atoms with Gasteiger partial charge in [0.2, 0.25) is 0 Å². The number of nitrogens with zero attached hydrogens (tertiary/aromatic N) is 2. The van der Waals surface area contributed by atoms with Crippen LogP contribution >= 0.6 is 0 Å². The van der Waals surface area contributed by atoms with Crippen molar-refractivity contribution in [1.82, 2.24) is 15.1 Å². The number of amides is 2. The van der Waals surface area contributed by atoms with Crippen molar-refractivity contribution in [3.63, 3.8) is 0 Å². The van der Waals surface area contributed by atoms with Crippen LogP contribution in [0.5, 0.6) is 0 Å². The maximum Gasteiger partial charge on any atom is 0.321 e. The third kappa shape index (κ3) is 3.89. The van der Waals surface area contributed by atoms with Gasteiger partial charge >= 0.3 is 6.03 Å². The van der Waals surface area contributed by atoms with Gasteiger partial charge in [0.15, 0.2) is 0 Å². The third-order valence-electron chi connectivity index (χ3n) is 6.42. The lowest BCUT2D eigenvalue weighted by molar-refractivity contribution is 0.0600. The quantitative estimate of drug-likeness (QED) is 0.760. The molecule has 0 aliphatic carbocycles. The molecule has 1 fully saturated rings. The van der Waals surface area contributed by atoms with Crippen LogP contribution in [-0.4, -0.2) is 66.4 Å². The molecule has 8 heteroatoms. The fourth-order valence-electron chi connectivity index (χ4n) is 4.63. The first kappa shape index (κ1) is 22.4. The number of carbonyl (C=O) groups is 1. The summed E-state index contributed by atoms with van der Waals surface area (Å²) in [5.41, 5.74) is -0.261. The Morgan fingerprint density at radius 3 is 2.69 bits per heavy atom. The molecule has 0 bridgehead atoms. The van der Waals surface area contributed by atoms with Crippen molar-refractivity contribution in [2.24, 2.45) is 0 Å². The molecule has 0 aromatic heterocycles. The summed E-state index contributed by atoms with van der Waals surface area (Å²) in [4.78, 5) is 16.4. The highest BCUT2D eigenvalue weighted by Gasteiger charge is 2.47. The highest BCUT2D eigenvalue weighted by Crippen LogP contribution is 2.41. The summed E-state index contributed by atoms with van der Waals surface area (Å²) in [7, 11) is 1.54. The van der Waals surface area contributed by atoms with Crippen molar-refractivity contribution in [3.05, 3.63) is 77.4 Å². The van der Waals surface area contributed by atoms with E-state index in [1.807, 2.05) is 0 Å². The van der Waals surface area contributed by atoms with Gasteiger partial charge in [-0.3, -0.25) is 0 Å². The van der Waals surface area contributed by atoms with Gasteiger partial charge in [0.1, 0.15) is 23.3 Å². The minimum absolute atomic E-state index is 0.0296. The van der Waals surface area contributed by atoms with Gasteiger partial charge in [0.05, 0.1) is 12.6 Å². The van der Waals surface area contributed by atoms with Crippen molar-refractivity contribution in [3.8, 4) is 0 Å². The van der Waals surface area contributed by atoms with Gasteiger partial charge in [-0.15, -0.1) is 0 Å². The Bertz CT molecular complexity index is 1020. The summed E-state index contributed by atoms with van der Waals surface area (Å²) in [6, 6.07) is 10.9. The van der Waals surface area contributed by atoms with Crippen LogP contribution in [0.3, 0.4) is 0 Å². The molecule has 2 aliphatic rings. The number of piperidine rings is 1. The van der Waals surface area contributed by atoms with Crippen LogP contribution in [0.1, 0.15) is 17.5 Å². The number of nitrogens with one attached hydrogen (secondary N) is 1. The van der Waals surface area contributed by atoms with Crippen LogP contribution in [0, 0.1) is 11.6 Å². The molecule has 2 N–H and O–H groups in total. The Hall–Kier alpha value is -2.84. The normalized spacial score (nSPS) is 25.5. The standard InChI is InChI=1S/C24H26F3N3O2/c1-29(22-9-10-28-13-21(22)27)23(32)30-14-16(19-11-18(25)7-8-20(19)26)12-24(30,15-31)17-5-3-2-4-6-17/h2-8,11-12,21-22,28,31H,9-10,13-15H2,1H3/t21-,22-,24-/m1/s1. The number of halogens is 3. The molecule has 4 rings (SSSR count). The maximum absolute atomic E-state index is 14.6. The van der Waals surface area contributed by atoms with Crippen LogP contribution in [0.2, 0.25) is 0 Å². The fourth-order valence-corrected chi connectivity index (χ4v) is 4.63. The highest BCUT2D eigenvalue weighted by atomic mass is 19.1. The second kappa shape index (κ2) is 8.96. The molecule has 0 unspecified atom stereocenters. The van der Waals surface area contributed by atoms with E-state index < -0.39 is 42.0 Å². The topological polar surface area (TPSA) is 55.8 Å². The number of aliphatic hydroxyl groups excluding tert-OH is 1. The van der Waals surface area contributed by atoms with Gasteiger partial charge in [-0.25, -0.2) is 18.0 Å². The number of hydrogen-bond donors (Lipinski definition) is 2. The van der Waals surface area contributed by atoms with E-state index in [0.29, 0.717) is 24.1 Å². The van der Waals surface area contributed by atoms with Gasteiger partial charge in [-0.1, -0.05) is 30.3 Å². The molecule has 0 spiro atoms. The molecule has 5 nitrogen and oxygen atoms in total. The van der Waals surface area contributed by atoms with E-state index in [0.717, 1.165) is 18.2 Å². The van der Waals surface area contributed by atoms with Crippen LogP contribution in [0.25, 0.3) is 5.57 Å². The Balaban J connectivity index is 1.77. The predicted octanol–water partition coefficient (Wildman–Crippen LogP) is 3.30. The molecule has 2 amide bonds. The van der Waals surface area contributed by atoms with Gasteiger partial charge < -0.3 is 20.2 Å². The average Bonchev–Trinajstić information content (AvgIpc) is 3.21. The molecule has 170 valence electrons. The highest BCUT2D eigenvalue weighted by molar-refractivity contribution is 5.83. The first-order chi connectivity index (χ1) is 15.4. The molecule has 3 atom stereocenters. The Labute approximate surface area is 185 Å². The number of urea groups is 1. The summed E-state index contributed by atoms with van der Waals surface area (Å²) >= 11 is 0. The fraction of sp³-hybridized carbons (Fsp3) is 0.375. The molecule has 0 saturated carbocycles. The van der Waals surface area contributed by atoms with Crippen LogP contribution in [-0.2, 0) is 5.54 Å². The summed E-state index contributed by atoms with van der Waals surface area (Å²) < 4.78 is 43.0. The number of benzene rings is 2.